The Kier molecular flexibility index (Phi) is 3.28. The van der Waals surface area contributed by atoms with Gasteiger partial charge in [-0.25, -0.2) is 4.79 Å². The SMILES string of the molecule is COc1cccnc1-c1cccc(C(=O)O)c1C. The van der Waals surface area contributed by atoms with E-state index in [0.717, 1.165) is 5.56 Å². The van der Waals surface area contributed by atoms with Crippen molar-refractivity contribution in [1.29, 1.82) is 0 Å². The van der Waals surface area contributed by atoms with Gasteiger partial charge in [-0.1, -0.05) is 12.1 Å². The lowest BCUT2D eigenvalue weighted by molar-refractivity contribution is 0.0696. The van der Waals surface area contributed by atoms with Gasteiger partial charge in [0, 0.05) is 11.8 Å². The second-order valence-electron chi connectivity index (χ2n) is 3.84. The molecule has 4 heteroatoms. The first-order chi connectivity index (χ1) is 8.65. The van der Waals surface area contributed by atoms with Gasteiger partial charge in [-0.05, 0) is 30.7 Å². The Morgan fingerprint density at radius 2 is 2.06 bits per heavy atom. The van der Waals surface area contributed by atoms with Crippen LogP contribution >= 0.6 is 0 Å². The molecule has 0 spiro atoms. The summed E-state index contributed by atoms with van der Waals surface area (Å²) >= 11 is 0. The second kappa shape index (κ2) is 4.87. The van der Waals surface area contributed by atoms with E-state index in [0.29, 0.717) is 17.0 Å². The Morgan fingerprint density at radius 1 is 1.28 bits per heavy atom. The summed E-state index contributed by atoms with van der Waals surface area (Å²) in [6, 6.07) is 8.71. The molecule has 92 valence electrons. The first-order valence-corrected chi connectivity index (χ1v) is 5.47. The lowest BCUT2D eigenvalue weighted by Gasteiger charge is -2.11. The van der Waals surface area contributed by atoms with Crippen molar-refractivity contribution in [2.75, 3.05) is 7.11 Å². The van der Waals surface area contributed by atoms with Crippen LogP contribution in [-0.4, -0.2) is 23.2 Å². The minimum atomic E-state index is -0.941. The van der Waals surface area contributed by atoms with Crippen LogP contribution in [0.5, 0.6) is 5.75 Å². The van der Waals surface area contributed by atoms with Gasteiger partial charge in [0.25, 0.3) is 0 Å². The Labute approximate surface area is 105 Å². The van der Waals surface area contributed by atoms with Gasteiger partial charge in [0.1, 0.15) is 11.4 Å². The highest BCUT2D eigenvalue weighted by molar-refractivity contribution is 5.92. The molecule has 0 amide bonds. The minimum Gasteiger partial charge on any atom is -0.494 e. The first-order valence-electron chi connectivity index (χ1n) is 5.47. The van der Waals surface area contributed by atoms with E-state index >= 15 is 0 Å². The molecule has 0 aliphatic carbocycles. The third-order valence-electron chi connectivity index (χ3n) is 2.81. The van der Waals surface area contributed by atoms with E-state index in [9.17, 15) is 4.79 Å². The molecule has 0 aliphatic heterocycles. The molecule has 0 saturated carbocycles. The summed E-state index contributed by atoms with van der Waals surface area (Å²) in [7, 11) is 1.57. The number of methoxy groups -OCH3 is 1. The predicted octanol–water partition coefficient (Wildman–Crippen LogP) is 2.76. The molecule has 0 saturated heterocycles. The number of carboxylic acid groups (broad SMARTS) is 1. The van der Waals surface area contributed by atoms with Gasteiger partial charge in [-0.2, -0.15) is 0 Å². The van der Waals surface area contributed by atoms with Crippen LogP contribution in [0.4, 0.5) is 0 Å². The number of aromatic nitrogens is 1. The molecule has 1 aromatic carbocycles. The number of benzene rings is 1. The van der Waals surface area contributed by atoms with Crippen molar-refractivity contribution >= 4 is 5.97 Å². The standard InChI is InChI=1S/C14H13NO3/c1-9-10(5-3-6-11(9)14(16)17)13-12(18-2)7-4-8-15-13/h3-8H,1-2H3,(H,16,17). The van der Waals surface area contributed by atoms with Crippen molar-refractivity contribution in [2.24, 2.45) is 0 Å². The third kappa shape index (κ3) is 2.05. The van der Waals surface area contributed by atoms with E-state index in [1.165, 1.54) is 0 Å². The molecule has 0 bridgehead atoms. The molecular formula is C14H13NO3. The van der Waals surface area contributed by atoms with Crippen molar-refractivity contribution in [1.82, 2.24) is 4.98 Å². The zero-order valence-corrected chi connectivity index (χ0v) is 10.2. The van der Waals surface area contributed by atoms with Crippen molar-refractivity contribution in [3.8, 4) is 17.0 Å². The number of hydrogen-bond acceptors (Lipinski definition) is 3. The van der Waals surface area contributed by atoms with Crippen LogP contribution in [0.1, 0.15) is 15.9 Å². The molecule has 1 aromatic heterocycles. The van der Waals surface area contributed by atoms with Gasteiger partial charge in [0.05, 0.1) is 12.7 Å². The zero-order valence-electron chi connectivity index (χ0n) is 10.2. The fourth-order valence-electron chi connectivity index (χ4n) is 1.88. The van der Waals surface area contributed by atoms with Crippen LogP contribution in [0.15, 0.2) is 36.5 Å². The molecule has 1 N–H and O–H groups in total. The monoisotopic (exact) mass is 243 g/mol. The van der Waals surface area contributed by atoms with Crippen molar-refractivity contribution in [3.05, 3.63) is 47.7 Å². The zero-order chi connectivity index (χ0) is 13.1. The fourth-order valence-corrected chi connectivity index (χ4v) is 1.88. The van der Waals surface area contributed by atoms with Gasteiger partial charge >= 0.3 is 5.97 Å². The van der Waals surface area contributed by atoms with Crippen LogP contribution in [0, 0.1) is 6.92 Å². The molecule has 2 aromatic rings. The van der Waals surface area contributed by atoms with E-state index < -0.39 is 5.97 Å². The third-order valence-corrected chi connectivity index (χ3v) is 2.81. The fraction of sp³-hybridized carbons (Fsp3) is 0.143. The topological polar surface area (TPSA) is 59.4 Å². The number of nitrogens with zero attached hydrogens (tertiary/aromatic N) is 1. The number of rotatable bonds is 3. The average molecular weight is 243 g/mol. The number of pyridine rings is 1. The molecule has 0 fully saturated rings. The van der Waals surface area contributed by atoms with Crippen LogP contribution in [0.25, 0.3) is 11.3 Å². The number of ether oxygens (including phenoxy) is 1. The van der Waals surface area contributed by atoms with Crippen molar-refractivity contribution < 1.29 is 14.6 Å². The largest absolute Gasteiger partial charge is 0.494 e. The van der Waals surface area contributed by atoms with Gasteiger partial charge in [-0.15, -0.1) is 0 Å². The van der Waals surface area contributed by atoms with E-state index in [2.05, 4.69) is 4.98 Å². The van der Waals surface area contributed by atoms with Gasteiger partial charge in [0.15, 0.2) is 0 Å². The molecule has 1 heterocycles. The molecule has 0 atom stereocenters. The smallest absolute Gasteiger partial charge is 0.335 e. The number of carboxylic acids is 1. The summed E-state index contributed by atoms with van der Waals surface area (Å²) in [6.45, 7) is 1.77. The number of carbonyl (C=O) groups is 1. The highest BCUT2D eigenvalue weighted by Gasteiger charge is 2.14. The first kappa shape index (κ1) is 12.1. The summed E-state index contributed by atoms with van der Waals surface area (Å²) in [6.07, 6.45) is 1.66. The molecule has 18 heavy (non-hydrogen) atoms. The van der Waals surface area contributed by atoms with Crippen LogP contribution in [0.2, 0.25) is 0 Å². The molecule has 2 rings (SSSR count). The van der Waals surface area contributed by atoms with Gasteiger partial charge in [0.2, 0.25) is 0 Å². The van der Waals surface area contributed by atoms with Crippen LogP contribution in [0.3, 0.4) is 0 Å². The summed E-state index contributed by atoms with van der Waals surface area (Å²) < 4.78 is 5.25. The normalized spacial score (nSPS) is 10.1. The highest BCUT2D eigenvalue weighted by Crippen LogP contribution is 2.30. The summed E-state index contributed by atoms with van der Waals surface area (Å²) in [5.74, 6) is -0.313. The lowest BCUT2D eigenvalue weighted by atomic mass is 9.99. The quantitative estimate of drug-likeness (QED) is 0.900. The second-order valence-corrected chi connectivity index (χ2v) is 3.84. The highest BCUT2D eigenvalue weighted by atomic mass is 16.5. The summed E-state index contributed by atoms with van der Waals surface area (Å²) in [5.41, 5.74) is 2.38. The van der Waals surface area contributed by atoms with Gasteiger partial charge < -0.3 is 9.84 Å². The Balaban J connectivity index is 2.64. The predicted molar refractivity (Wildman–Crippen MR) is 67.9 cm³/mol. The molecule has 0 radical (unpaired) electrons. The molecular weight excluding hydrogens is 230 g/mol. The maximum Gasteiger partial charge on any atom is 0.335 e. The number of hydrogen-bond donors (Lipinski definition) is 1. The van der Waals surface area contributed by atoms with Crippen molar-refractivity contribution in [3.63, 3.8) is 0 Å². The Hall–Kier alpha value is -2.36. The van der Waals surface area contributed by atoms with E-state index in [1.807, 2.05) is 6.07 Å². The number of aromatic carboxylic acids is 1. The summed E-state index contributed by atoms with van der Waals surface area (Å²) in [4.78, 5) is 15.4. The van der Waals surface area contributed by atoms with E-state index in [4.69, 9.17) is 9.84 Å². The maximum atomic E-state index is 11.1. The Morgan fingerprint density at radius 3 is 2.72 bits per heavy atom. The van der Waals surface area contributed by atoms with Crippen LogP contribution in [-0.2, 0) is 0 Å². The molecule has 0 unspecified atom stereocenters. The summed E-state index contributed by atoms with van der Waals surface area (Å²) in [5, 5.41) is 9.11. The molecule has 0 aliphatic rings. The minimum absolute atomic E-state index is 0.278. The Bertz CT molecular complexity index is 593. The van der Waals surface area contributed by atoms with Crippen molar-refractivity contribution in [2.45, 2.75) is 6.92 Å². The van der Waals surface area contributed by atoms with Gasteiger partial charge in [-0.3, -0.25) is 4.98 Å². The lowest BCUT2D eigenvalue weighted by Crippen LogP contribution is -2.02. The molecule has 4 nitrogen and oxygen atoms in total. The maximum absolute atomic E-state index is 11.1. The average Bonchev–Trinajstić information content (AvgIpc) is 2.38. The van der Waals surface area contributed by atoms with E-state index in [-0.39, 0.29) is 5.56 Å². The van der Waals surface area contributed by atoms with E-state index in [1.54, 1.807) is 44.5 Å². The van der Waals surface area contributed by atoms with Crippen LogP contribution < -0.4 is 4.74 Å².